The van der Waals surface area contributed by atoms with E-state index >= 15 is 0 Å². The predicted molar refractivity (Wildman–Crippen MR) is 63.7 cm³/mol. The number of carbonyl (C=O) groups excluding carboxylic acids is 3. The van der Waals surface area contributed by atoms with Crippen LogP contribution < -0.4 is 22.7 Å². The molecule has 0 fully saturated rings. The maximum absolute atomic E-state index is 11.0. The Morgan fingerprint density at radius 1 is 1.05 bits per heavy atom. The molecule has 118 valence electrons. The van der Waals surface area contributed by atoms with Gasteiger partial charge in [-0.1, -0.05) is 0 Å². The third-order valence-corrected chi connectivity index (χ3v) is 2.20. The van der Waals surface area contributed by atoms with Gasteiger partial charge in [-0.25, -0.2) is 35.0 Å². The van der Waals surface area contributed by atoms with Gasteiger partial charge in [0, 0.05) is 6.54 Å². The van der Waals surface area contributed by atoms with Crippen LogP contribution in [0.25, 0.3) is 0 Å². The summed E-state index contributed by atoms with van der Waals surface area (Å²) in [4.78, 5) is 53.9. The molecule has 0 radical (unpaired) electrons. The molecule has 0 heterocycles. The van der Waals surface area contributed by atoms with Gasteiger partial charge in [0.05, 0.1) is 0 Å². The van der Waals surface area contributed by atoms with E-state index in [-0.39, 0.29) is 5.01 Å². The molecule has 0 aromatic heterocycles. The average molecular weight is 306 g/mol. The molecule has 0 saturated heterocycles. The molecule has 5 amide bonds. The molecule has 9 N–H and O–H groups in total. The minimum Gasteiger partial charge on any atom is -0.480 e. The van der Waals surface area contributed by atoms with Crippen LogP contribution in [0.2, 0.25) is 0 Å². The van der Waals surface area contributed by atoms with E-state index in [1.807, 2.05) is 0 Å². The molecule has 21 heavy (non-hydrogen) atoms. The van der Waals surface area contributed by atoms with Gasteiger partial charge in [0.1, 0.15) is 6.04 Å². The number of primary amides is 2. The topological polar surface area (TPSA) is 222 Å². The van der Waals surface area contributed by atoms with Crippen molar-refractivity contribution in [3.05, 3.63) is 0 Å². The zero-order valence-corrected chi connectivity index (χ0v) is 10.6. The zero-order valence-electron chi connectivity index (χ0n) is 10.6. The minimum absolute atomic E-state index is 0.209. The van der Waals surface area contributed by atoms with Crippen LogP contribution in [-0.2, 0) is 14.4 Å². The number of hydrazine groups is 2. The monoisotopic (exact) mass is 306 g/mol. The van der Waals surface area contributed by atoms with E-state index in [9.17, 15) is 24.0 Å². The summed E-state index contributed by atoms with van der Waals surface area (Å²) in [5.41, 5.74) is 11.3. The van der Waals surface area contributed by atoms with Gasteiger partial charge in [0.25, 0.3) is 0 Å². The number of amides is 5. The summed E-state index contributed by atoms with van der Waals surface area (Å²) in [5, 5.41) is 17.8. The molecule has 0 aliphatic heterocycles. The Bertz CT molecular complexity index is 466. The van der Waals surface area contributed by atoms with Gasteiger partial charge in [-0.3, -0.25) is 10.2 Å². The maximum atomic E-state index is 11.0. The lowest BCUT2D eigenvalue weighted by Crippen LogP contribution is -2.55. The third kappa shape index (κ3) is 5.60. The number of nitrogens with two attached hydrogens (primary N) is 3. The Hall–Kier alpha value is -3.09. The molecule has 0 spiro atoms. The number of carbonyl (C=O) groups is 5. The molecule has 0 rings (SSSR count). The molecule has 0 saturated carbocycles. The minimum atomic E-state index is -1.88. The first kappa shape index (κ1) is 17.9. The number of aliphatic carboxylic acids is 2. The summed E-state index contributed by atoms with van der Waals surface area (Å²) >= 11 is 0. The van der Waals surface area contributed by atoms with Crippen LogP contribution in [0.1, 0.15) is 6.42 Å². The number of carboxylic acids is 2. The fourth-order valence-electron chi connectivity index (χ4n) is 1.18. The van der Waals surface area contributed by atoms with Crippen LogP contribution >= 0.6 is 0 Å². The number of carboxylic acid groups (broad SMARTS) is 2. The quantitative estimate of drug-likeness (QED) is 0.129. The standard InChI is InChI=1S/C8H14N6O7/c9-7(20)13(12-4(15)6(18)19)2-1-3(5(16)17)14(11)8(10)21/h3H,1-2,11H2,(H2,9,20)(H2,10,21)(H,12,15)(H,16,17)(H,18,19). The number of rotatable bonds is 5. The first-order chi connectivity index (χ1) is 9.57. The second-order valence-corrected chi connectivity index (χ2v) is 3.62. The predicted octanol–water partition coefficient (Wildman–Crippen LogP) is -3.42. The molecule has 0 aliphatic rings. The highest BCUT2D eigenvalue weighted by Crippen LogP contribution is 2.02. The Morgan fingerprint density at radius 3 is 1.90 bits per heavy atom. The molecular formula is C8H14N6O7. The van der Waals surface area contributed by atoms with Crippen molar-refractivity contribution < 1.29 is 34.2 Å². The van der Waals surface area contributed by atoms with Crippen molar-refractivity contribution in [2.24, 2.45) is 17.3 Å². The molecule has 13 nitrogen and oxygen atoms in total. The second kappa shape index (κ2) is 7.49. The molecule has 1 atom stereocenters. The number of nitrogens with zero attached hydrogens (tertiary/aromatic N) is 2. The first-order valence-corrected chi connectivity index (χ1v) is 5.25. The van der Waals surface area contributed by atoms with Crippen molar-refractivity contribution in [3.8, 4) is 0 Å². The largest absolute Gasteiger partial charge is 0.480 e. The first-order valence-electron chi connectivity index (χ1n) is 5.25. The van der Waals surface area contributed by atoms with Gasteiger partial charge >= 0.3 is 29.9 Å². The van der Waals surface area contributed by atoms with Crippen molar-refractivity contribution in [2.75, 3.05) is 6.54 Å². The van der Waals surface area contributed by atoms with E-state index in [0.717, 1.165) is 0 Å². The van der Waals surface area contributed by atoms with Crippen molar-refractivity contribution in [3.63, 3.8) is 0 Å². The van der Waals surface area contributed by atoms with E-state index in [1.165, 1.54) is 0 Å². The second-order valence-electron chi connectivity index (χ2n) is 3.62. The molecule has 0 bridgehead atoms. The van der Waals surface area contributed by atoms with Crippen LogP contribution in [0, 0.1) is 0 Å². The molecule has 0 aromatic rings. The normalized spacial score (nSPS) is 11.1. The molecule has 0 aliphatic carbocycles. The van der Waals surface area contributed by atoms with E-state index in [4.69, 9.17) is 27.5 Å². The van der Waals surface area contributed by atoms with Gasteiger partial charge < -0.3 is 21.7 Å². The summed E-state index contributed by atoms with van der Waals surface area (Å²) in [7, 11) is 0. The van der Waals surface area contributed by atoms with Crippen molar-refractivity contribution in [2.45, 2.75) is 12.5 Å². The summed E-state index contributed by atoms with van der Waals surface area (Å²) in [6.07, 6.45) is -0.461. The van der Waals surface area contributed by atoms with Crippen molar-refractivity contribution in [1.29, 1.82) is 0 Å². The van der Waals surface area contributed by atoms with Crippen molar-refractivity contribution in [1.82, 2.24) is 15.4 Å². The van der Waals surface area contributed by atoms with E-state index in [1.54, 1.807) is 5.43 Å². The maximum Gasteiger partial charge on any atom is 0.396 e. The van der Waals surface area contributed by atoms with Crippen LogP contribution in [0.15, 0.2) is 0 Å². The van der Waals surface area contributed by atoms with Gasteiger partial charge in [-0.15, -0.1) is 0 Å². The lowest BCUT2D eigenvalue weighted by atomic mass is 10.2. The van der Waals surface area contributed by atoms with Gasteiger partial charge in [0.15, 0.2) is 0 Å². The smallest absolute Gasteiger partial charge is 0.396 e. The zero-order chi connectivity index (χ0) is 16.7. The number of nitrogens with one attached hydrogen (secondary N) is 1. The Labute approximate surface area is 117 Å². The summed E-state index contributed by atoms with van der Waals surface area (Å²) in [6.45, 7) is -0.522. The molecular weight excluding hydrogens is 292 g/mol. The van der Waals surface area contributed by atoms with Gasteiger partial charge in [0.2, 0.25) is 0 Å². The van der Waals surface area contributed by atoms with Gasteiger partial charge in [-0.2, -0.15) is 0 Å². The average Bonchev–Trinajstić information content (AvgIpc) is 2.35. The van der Waals surface area contributed by atoms with Crippen LogP contribution in [0.3, 0.4) is 0 Å². The fraction of sp³-hybridized carbons (Fsp3) is 0.375. The van der Waals surface area contributed by atoms with Crippen LogP contribution in [-0.4, -0.2) is 62.7 Å². The summed E-state index contributed by atoms with van der Waals surface area (Å²) < 4.78 is 0. The van der Waals surface area contributed by atoms with Crippen molar-refractivity contribution >= 4 is 29.9 Å². The lowest BCUT2D eigenvalue weighted by Gasteiger charge is -2.25. The highest BCUT2D eigenvalue weighted by Gasteiger charge is 2.28. The molecule has 13 heteroatoms. The van der Waals surface area contributed by atoms with Gasteiger partial charge in [-0.05, 0) is 6.42 Å². The number of urea groups is 2. The fourth-order valence-corrected chi connectivity index (χ4v) is 1.18. The highest BCUT2D eigenvalue weighted by atomic mass is 16.4. The van der Waals surface area contributed by atoms with Crippen LogP contribution in [0.5, 0.6) is 0 Å². The van der Waals surface area contributed by atoms with Crippen LogP contribution in [0.4, 0.5) is 9.59 Å². The third-order valence-electron chi connectivity index (χ3n) is 2.20. The highest BCUT2D eigenvalue weighted by molar-refractivity contribution is 6.31. The van der Waals surface area contributed by atoms with E-state index in [0.29, 0.717) is 5.01 Å². The Morgan fingerprint density at radius 2 is 1.57 bits per heavy atom. The summed E-state index contributed by atoms with van der Waals surface area (Å²) in [6, 6.07) is -4.08. The Balaban J connectivity index is 4.83. The summed E-state index contributed by atoms with van der Waals surface area (Å²) in [5.74, 6) is 0.176. The number of hydrogen-bond donors (Lipinski definition) is 6. The number of hydrogen-bond acceptors (Lipinski definition) is 6. The molecule has 0 aromatic carbocycles. The lowest BCUT2D eigenvalue weighted by molar-refractivity contribution is -0.152. The van der Waals surface area contributed by atoms with E-state index < -0.39 is 48.9 Å². The van der Waals surface area contributed by atoms with E-state index in [2.05, 4.69) is 0 Å². The Kier molecular flexibility index (Phi) is 6.39. The SMILES string of the molecule is NC(=O)N(CCC(C(=O)O)N(N)C(N)=O)NC(=O)C(=O)O. The molecule has 1 unspecified atom stereocenters.